The van der Waals surface area contributed by atoms with Crippen molar-refractivity contribution < 1.29 is 58.5 Å². The number of aliphatic carboxylic acids is 1. The lowest BCUT2D eigenvalue weighted by atomic mass is 9.72. The Morgan fingerprint density at radius 2 is 1.65 bits per heavy atom. The number of allylic oxidation sites excluding steroid dienone is 9. The van der Waals surface area contributed by atoms with E-state index in [9.17, 15) is 34.8 Å². The highest BCUT2D eigenvalue weighted by molar-refractivity contribution is 5.83. The molecule has 3 aliphatic rings. The van der Waals surface area contributed by atoms with Crippen LogP contribution in [0, 0.1) is 17.3 Å². The zero-order valence-electron chi connectivity index (χ0n) is 31.7. The number of carbonyl (C=O) groups excluding carboxylic acids is 2. The highest BCUT2D eigenvalue weighted by Gasteiger charge is 2.49. The van der Waals surface area contributed by atoms with Gasteiger partial charge in [-0.05, 0) is 63.0 Å². The number of hydrogen-bond donors (Lipinski definition) is 5. The van der Waals surface area contributed by atoms with Crippen molar-refractivity contribution in [1.82, 2.24) is 5.32 Å². The van der Waals surface area contributed by atoms with E-state index in [0.29, 0.717) is 12.0 Å². The molecule has 0 saturated carbocycles. The average molecular weight is 734 g/mol. The third-order valence-corrected chi connectivity index (χ3v) is 10.2. The first kappa shape index (κ1) is 43.2. The van der Waals surface area contributed by atoms with Crippen molar-refractivity contribution in [2.45, 2.75) is 123 Å². The van der Waals surface area contributed by atoms with Crippen molar-refractivity contribution in [2.24, 2.45) is 17.3 Å². The van der Waals surface area contributed by atoms with Crippen LogP contribution in [-0.2, 0) is 38.1 Å². The van der Waals surface area contributed by atoms with Gasteiger partial charge < -0.3 is 49.4 Å². The average Bonchev–Trinajstić information content (AvgIpc) is 3.06. The quantitative estimate of drug-likeness (QED) is 0.0937. The SMILES string of the molecule is CCC1C(O)C(COC(=O)/C=C(C)/C=C/C=C(C)/C=C/C2=C(C)CCCC2(C)C)OC(COCC2C(C(=O)O)OC(OC)C(O)C2O)C1NC(C)=O. The number of hydrogen-bond acceptors (Lipinski definition) is 11. The summed E-state index contributed by atoms with van der Waals surface area (Å²) in [6.07, 6.45) is 6.48. The van der Waals surface area contributed by atoms with Crippen molar-refractivity contribution in [3.63, 3.8) is 0 Å². The summed E-state index contributed by atoms with van der Waals surface area (Å²) < 4.78 is 27.7. The lowest BCUT2D eigenvalue weighted by Crippen LogP contribution is -2.62. The van der Waals surface area contributed by atoms with E-state index in [1.165, 1.54) is 44.1 Å². The molecule has 13 nitrogen and oxygen atoms in total. The number of methoxy groups -OCH3 is 1. The Labute approximate surface area is 307 Å². The van der Waals surface area contributed by atoms with E-state index in [2.05, 4.69) is 38.2 Å². The van der Waals surface area contributed by atoms with Gasteiger partial charge in [0.1, 0.15) is 24.9 Å². The highest BCUT2D eigenvalue weighted by atomic mass is 16.7. The normalized spacial score (nSPS) is 33.1. The van der Waals surface area contributed by atoms with Gasteiger partial charge in [-0.2, -0.15) is 0 Å². The molecular weight excluding hydrogens is 674 g/mol. The van der Waals surface area contributed by atoms with Crippen LogP contribution in [0.5, 0.6) is 0 Å². The second kappa shape index (κ2) is 19.8. The number of carbonyl (C=O) groups is 3. The molecule has 5 N–H and O–H groups in total. The van der Waals surface area contributed by atoms with Crippen LogP contribution in [0.3, 0.4) is 0 Å². The van der Waals surface area contributed by atoms with Gasteiger partial charge in [-0.25, -0.2) is 9.59 Å². The molecular formula is C39H59NO12. The van der Waals surface area contributed by atoms with Gasteiger partial charge in [-0.3, -0.25) is 4.79 Å². The van der Waals surface area contributed by atoms with E-state index in [1.54, 1.807) is 13.0 Å². The first-order chi connectivity index (χ1) is 24.5. The molecule has 0 aromatic heterocycles. The van der Waals surface area contributed by atoms with Crippen LogP contribution in [-0.4, -0.2) is 114 Å². The Morgan fingerprint density at radius 1 is 0.942 bits per heavy atom. The molecule has 0 aromatic rings. The number of esters is 1. The van der Waals surface area contributed by atoms with E-state index in [0.717, 1.165) is 12.0 Å². The Bertz CT molecular complexity index is 1400. The summed E-state index contributed by atoms with van der Waals surface area (Å²) >= 11 is 0. The number of aliphatic hydroxyl groups excluding tert-OH is 3. The standard InChI is InChI=1S/C39H59NO12/c1-9-26-32(40-25(5)41)29(20-49-19-27-34(44)35(45)38(48-8)52-36(27)37(46)47)51-30(33(26)43)21-50-31(42)18-23(3)13-10-12-22(2)15-16-28-24(4)14-11-17-39(28,6)7/h10,12-13,15-16,18,26-27,29-30,32-36,38,43-45H,9,11,14,17,19-21H2,1-8H3,(H,40,41)(H,46,47)/b13-10+,16-15+,22-12+,23-18+. The molecule has 0 radical (unpaired) electrons. The van der Waals surface area contributed by atoms with Crippen LogP contribution in [0.25, 0.3) is 0 Å². The second-order valence-corrected chi connectivity index (χ2v) is 14.7. The summed E-state index contributed by atoms with van der Waals surface area (Å²) in [5.41, 5.74) is 4.72. The molecule has 10 atom stereocenters. The molecule has 10 unspecified atom stereocenters. The molecule has 0 spiro atoms. The first-order valence-electron chi connectivity index (χ1n) is 18.0. The maximum atomic E-state index is 12.8. The molecule has 3 rings (SSSR count). The summed E-state index contributed by atoms with van der Waals surface area (Å²) in [6.45, 7) is 13.0. The highest BCUT2D eigenvalue weighted by Crippen LogP contribution is 2.41. The molecule has 52 heavy (non-hydrogen) atoms. The summed E-state index contributed by atoms with van der Waals surface area (Å²) in [5, 5.41) is 44.6. The van der Waals surface area contributed by atoms with Gasteiger partial charge in [-0.15, -0.1) is 0 Å². The minimum absolute atomic E-state index is 0.162. The molecule has 2 heterocycles. The van der Waals surface area contributed by atoms with Crippen molar-refractivity contribution in [2.75, 3.05) is 26.9 Å². The van der Waals surface area contributed by atoms with Crippen molar-refractivity contribution in [3.8, 4) is 0 Å². The predicted octanol–water partition coefficient (Wildman–Crippen LogP) is 3.53. The van der Waals surface area contributed by atoms with E-state index in [1.807, 2.05) is 26.0 Å². The Hall–Kier alpha value is -3.17. The Morgan fingerprint density at radius 3 is 2.27 bits per heavy atom. The van der Waals surface area contributed by atoms with Gasteiger partial charge in [0.25, 0.3) is 0 Å². The van der Waals surface area contributed by atoms with Crippen molar-refractivity contribution in [3.05, 3.63) is 58.7 Å². The second-order valence-electron chi connectivity index (χ2n) is 14.7. The first-order valence-corrected chi connectivity index (χ1v) is 18.0. The number of rotatable bonds is 15. The number of carboxylic acid groups (broad SMARTS) is 1. The topological polar surface area (TPSA) is 190 Å². The van der Waals surface area contributed by atoms with E-state index < -0.39 is 72.7 Å². The predicted molar refractivity (Wildman–Crippen MR) is 193 cm³/mol. The van der Waals surface area contributed by atoms with Crippen LogP contribution in [0.4, 0.5) is 0 Å². The van der Waals surface area contributed by atoms with Gasteiger partial charge in [0.05, 0.1) is 31.5 Å². The van der Waals surface area contributed by atoms with E-state index >= 15 is 0 Å². The fourth-order valence-corrected chi connectivity index (χ4v) is 7.30. The fraction of sp³-hybridized carbons (Fsp3) is 0.667. The number of carboxylic acids is 1. The maximum absolute atomic E-state index is 12.8. The lowest BCUT2D eigenvalue weighted by Gasteiger charge is -2.45. The van der Waals surface area contributed by atoms with Gasteiger partial charge in [0, 0.05) is 31.9 Å². The molecule has 292 valence electrons. The number of aliphatic hydroxyl groups is 3. The largest absolute Gasteiger partial charge is 0.479 e. The molecule has 2 fully saturated rings. The molecule has 1 amide bonds. The summed E-state index contributed by atoms with van der Waals surface area (Å²) in [7, 11) is 1.22. The van der Waals surface area contributed by atoms with E-state index in [4.69, 9.17) is 23.7 Å². The zero-order chi connectivity index (χ0) is 38.7. The Kier molecular flexibility index (Phi) is 16.4. The van der Waals surface area contributed by atoms with Crippen molar-refractivity contribution in [1.29, 1.82) is 0 Å². The van der Waals surface area contributed by atoms with E-state index in [-0.39, 0.29) is 31.1 Å². The zero-order valence-corrected chi connectivity index (χ0v) is 31.7. The smallest absolute Gasteiger partial charge is 0.333 e. The molecule has 2 aliphatic heterocycles. The fourth-order valence-electron chi connectivity index (χ4n) is 7.30. The summed E-state index contributed by atoms with van der Waals surface area (Å²) in [4.78, 5) is 36.7. The van der Waals surface area contributed by atoms with Gasteiger partial charge in [-0.1, -0.05) is 62.3 Å². The third kappa shape index (κ3) is 11.7. The summed E-state index contributed by atoms with van der Waals surface area (Å²) in [6, 6.07) is -0.691. The van der Waals surface area contributed by atoms with Crippen LogP contribution >= 0.6 is 0 Å². The van der Waals surface area contributed by atoms with Gasteiger partial charge >= 0.3 is 11.9 Å². The molecule has 2 saturated heterocycles. The Balaban J connectivity index is 1.63. The van der Waals surface area contributed by atoms with Gasteiger partial charge in [0.2, 0.25) is 5.91 Å². The van der Waals surface area contributed by atoms with Crippen molar-refractivity contribution >= 4 is 17.8 Å². The maximum Gasteiger partial charge on any atom is 0.333 e. The molecule has 0 aromatic carbocycles. The monoisotopic (exact) mass is 733 g/mol. The number of nitrogens with one attached hydrogen (secondary N) is 1. The number of ether oxygens (including phenoxy) is 5. The minimum atomic E-state index is -1.53. The summed E-state index contributed by atoms with van der Waals surface area (Å²) in [5.74, 6) is -4.00. The lowest BCUT2D eigenvalue weighted by molar-refractivity contribution is -0.282. The molecule has 0 bridgehead atoms. The molecule has 1 aliphatic carbocycles. The van der Waals surface area contributed by atoms with Crippen LogP contribution in [0.2, 0.25) is 0 Å². The third-order valence-electron chi connectivity index (χ3n) is 10.2. The van der Waals surface area contributed by atoms with Gasteiger partial charge in [0.15, 0.2) is 12.4 Å². The number of amides is 1. The van der Waals surface area contributed by atoms with Crippen LogP contribution in [0.15, 0.2) is 58.7 Å². The van der Waals surface area contributed by atoms with Crippen LogP contribution < -0.4 is 5.32 Å². The molecule has 13 heteroatoms. The van der Waals surface area contributed by atoms with Crippen LogP contribution in [0.1, 0.15) is 74.1 Å². The minimum Gasteiger partial charge on any atom is -0.479 e.